The zero-order chi connectivity index (χ0) is 32.0. The molecule has 2 amide bonds. The van der Waals surface area contributed by atoms with E-state index in [2.05, 4.69) is 15.6 Å². The third-order valence-electron chi connectivity index (χ3n) is 7.39. The van der Waals surface area contributed by atoms with Crippen LogP contribution in [0.3, 0.4) is 0 Å². The maximum absolute atomic E-state index is 15.2. The van der Waals surface area contributed by atoms with Gasteiger partial charge in [-0.15, -0.1) is 0 Å². The molecule has 1 heterocycles. The molecule has 1 fully saturated rings. The maximum Gasteiger partial charge on any atom is 2.00 e. The summed E-state index contributed by atoms with van der Waals surface area (Å²) >= 11 is 5.99. The molecule has 10 nitrogen and oxygen atoms in total. The number of aromatic nitrogens is 1. The molecule has 0 saturated heterocycles. The van der Waals surface area contributed by atoms with Gasteiger partial charge >= 0.3 is 43.7 Å². The van der Waals surface area contributed by atoms with E-state index in [0.29, 0.717) is 77.6 Å². The van der Waals surface area contributed by atoms with Crippen LogP contribution >= 0.6 is 11.6 Å². The number of carboxylic acids is 1. The molecular weight excluding hydrogens is 645 g/mol. The number of unbranched alkanes of at least 4 members (excludes halogenated alkanes) is 2. The number of amides is 2. The summed E-state index contributed by atoms with van der Waals surface area (Å²) in [6, 6.07) is 15.6. The number of aliphatic carboxylic acids is 1. The van der Waals surface area contributed by atoms with E-state index in [0.717, 1.165) is 6.07 Å². The predicted octanol–water partition coefficient (Wildman–Crippen LogP) is 7.05. The number of ether oxygens (including phenoxy) is 3. The van der Waals surface area contributed by atoms with Crippen LogP contribution in [0.5, 0.6) is 23.0 Å². The standard InChI is InChI=1S/C33H31ClFN3O7.Ca.2H/c1-43-28-18-23-25(19-29(28)44-15-4-2-3-8-30(39)40)36-14-11-26(23)45-27-10-9-22(17-24(27)35)38-32(42)33(12-13-33)31(41)37-21-7-5-6-20(34)16-21;;;/h5-7,9-11,14,16-19H,2-4,8,12-13,15H2,1H3,(H,37,41)(H,38,42)(H,39,40);;;/q;+2;2*-1. The van der Waals surface area contributed by atoms with E-state index >= 15 is 4.39 Å². The molecule has 5 rings (SSSR count). The third-order valence-corrected chi connectivity index (χ3v) is 7.63. The monoisotopic (exact) mass is 677 g/mol. The number of pyridine rings is 1. The Morgan fingerprint density at radius 3 is 2.33 bits per heavy atom. The van der Waals surface area contributed by atoms with Gasteiger partial charge in [-0.1, -0.05) is 17.7 Å². The fourth-order valence-corrected chi connectivity index (χ4v) is 4.95. The van der Waals surface area contributed by atoms with E-state index in [9.17, 15) is 14.4 Å². The Labute approximate surface area is 302 Å². The van der Waals surface area contributed by atoms with E-state index in [1.165, 1.54) is 25.4 Å². The number of nitrogens with zero attached hydrogens (tertiary/aromatic N) is 1. The Balaban J connectivity index is 0.00000267. The smallest absolute Gasteiger partial charge is 1.00 e. The Morgan fingerprint density at radius 1 is 0.935 bits per heavy atom. The molecule has 13 heteroatoms. The van der Waals surface area contributed by atoms with Gasteiger partial charge in [0.1, 0.15) is 11.2 Å². The number of hydrogen-bond acceptors (Lipinski definition) is 7. The molecule has 0 unspecified atom stereocenters. The molecule has 1 saturated carbocycles. The molecule has 238 valence electrons. The fourth-order valence-electron chi connectivity index (χ4n) is 4.76. The van der Waals surface area contributed by atoms with E-state index in [1.807, 2.05) is 0 Å². The van der Waals surface area contributed by atoms with Crippen LogP contribution in [-0.2, 0) is 14.4 Å². The number of methoxy groups -OCH3 is 1. The molecule has 0 spiro atoms. The molecule has 3 N–H and O–H groups in total. The molecule has 46 heavy (non-hydrogen) atoms. The van der Waals surface area contributed by atoms with Crippen LogP contribution in [0.25, 0.3) is 10.9 Å². The Kier molecular flexibility index (Phi) is 12.1. The minimum absolute atomic E-state index is 0. The Hall–Kier alpha value is -3.64. The molecule has 0 bridgehead atoms. The van der Waals surface area contributed by atoms with Gasteiger partial charge in [-0.3, -0.25) is 19.4 Å². The molecule has 3 aromatic carbocycles. The number of halogens is 2. The molecule has 0 radical (unpaired) electrons. The van der Waals surface area contributed by atoms with Crippen molar-refractivity contribution in [3.05, 3.63) is 77.7 Å². The minimum Gasteiger partial charge on any atom is -1.00 e. The summed E-state index contributed by atoms with van der Waals surface area (Å²) in [5, 5.41) is 15.2. The van der Waals surface area contributed by atoms with Gasteiger partial charge in [-0.2, -0.15) is 0 Å². The average Bonchev–Trinajstić information content (AvgIpc) is 3.82. The Bertz CT molecular complexity index is 1760. The van der Waals surface area contributed by atoms with Crippen LogP contribution in [0, 0.1) is 11.2 Å². The third kappa shape index (κ3) is 8.58. The zero-order valence-electron chi connectivity index (χ0n) is 27.1. The van der Waals surface area contributed by atoms with Crippen molar-refractivity contribution in [3.8, 4) is 23.0 Å². The minimum atomic E-state index is -1.24. The van der Waals surface area contributed by atoms with Gasteiger partial charge in [0, 0.05) is 46.5 Å². The summed E-state index contributed by atoms with van der Waals surface area (Å²) < 4.78 is 32.5. The fraction of sp³-hybridized carbons (Fsp3) is 0.273. The first-order chi connectivity index (χ1) is 21.7. The largest absolute Gasteiger partial charge is 2.00 e. The second-order valence-corrected chi connectivity index (χ2v) is 11.1. The van der Waals surface area contributed by atoms with Crippen LogP contribution in [0.1, 0.15) is 41.4 Å². The molecule has 1 aliphatic rings. The predicted molar refractivity (Wildman–Crippen MR) is 175 cm³/mol. The molecule has 0 aliphatic heterocycles. The number of nitrogens with one attached hydrogen (secondary N) is 2. The van der Waals surface area contributed by atoms with Crippen LogP contribution < -0.4 is 24.8 Å². The number of rotatable bonds is 14. The first kappa shape index (κ1) is 35.2. The number of hydrogen-bond donors (Lipinski definition) is 3. The van der Waals surface area contributed by atoms with E-state index in [-0.39, 0.29) is 58.4 Å². The van der Waals surface area contributed by atoms with Crippen molar-refractivity contribution in [1.29, 1.82) is 0 Å². The number of benzene rings is 3. The number of anilines is 2. The summed E-state index contributed by atoms with van der Waals surface area (Å²) in [5.41, 5.74) is -0.0534. The molecule has 1 aromatic heterocycles. The van der Waals surface area contributed by atoms with Crippen molar-refractivity contribution in [2.45, 2.75) is 38.5 Å². The van der Waals surface area contributed by atoms with Crippen LogP contribution in [0.4, 0.5) is 15.8 Å². The summed E-state index contributed by atoms with van der Waals surface area (Å²) in [4.78, 5) is 41.0. The first-order valence-corrected chi connectivity index (χ1v) is 14.7. The van der Waals surface area contributed by atoms with Gasteiger partial charge in [0.05, 0.1) is 19.2 Å². The van der Waals surface area contributed by atoms with Crippen LogP contribution in [0.2, 0.25) is 5.02 Å². The second kappa shape index (κ2) is 15.8. The van der Waals surface area contributed by atoms with Gasteiger partial charge in [0.25, 0.3) is 0 Å². The zero-order valence-corrected chi connectivity index (χ0v) is 28.1. The molecule has 0 atom stereocenters. The van der Waals surface area contributed by atoms with Crippen molar-refractivity contribution in [2.75, 3.05) is 24.4 Å². The van der Waals surface area contributed by atoms with Crippen molar-refractivity contribution >= 4 is 89.4 Å². The maximum atomic E-state index is 15.2. The Morgan fingerprint density at radius 2 is 1.67 bits per heavy atom. The number of fused-ring (bicyclic) bond motifs is 1. The SMILES string of the molecule is COc1cc2c(Oc3ccc(NC(=O)C4(C(=O)Nc5cccc(Cl)c5)CC4)cc3F)ccnc2cc1OCCCCCC(=O)O.[Ca+2].[H-].[H-]. The second-order valence-electron chi connectivity index (χ2n) is 10.6. The van der Waals surface area contributed by atoms with Gasteiger partial charge in [0.2, 0.25) is 11.8 Å². The first-order valence-electron chi connectivity index (χ1n) is 14.4. The van der Waals surface area contributed by atoms with Crippen molar-refractivity contribution in [1.82, 2.24) is 4.98 Å². The van der Waals surface area contributed by atoms with E-state index in [1.54, 1.807) is 42.5 Å². The molecular formula is C33H33CaClFN3O7. The number of carboxylic acid groups (broad SMARTS) is 1. The van der Waals surface area contributed by atoms with E-state index < -0.39 is 29.0 Å². The topological polar surface area (TPSA) is 136 Å². The van der Waals surface area contributed by atoms with Crippen molar-refractivity contribution in [3.63, 3.8) is 0 Å². The van der Waals surface area contributed by atoms with Gasteiger partial charge in [-0.25, -0.2) is 4.39 Å². The van der Waals surface area contributed by atoms with Gasteiger partial charge < -0.3 is 32.8 Å². The summed E-state index contributed by atoms with van der Waals surface area (Å²) in [5.74, 6) is -1.39. The quantitative estimate of drug-likeness (QED) is 0.0734. The van der Waals surface area contributed by atoms with Crippen molar-refractivity contribution < 1.29 is 40.9 Å². The molecule has 1 aliphatic carbocycles. The van der Waals surface area contributed by atoms with Crippen molar-refractivity contribution in [2.24, 2.45) is 5.41 Å². The van der Waals surface area contributed by atoms with Crippen LogP contribution in [0.15, 0.2) is 66.9 Å². The normalized spacial score (nSPS) is 12.8. The number of carbonyl (C=O) groups excluding carboxylic acids is 2. The van der Waals surface area contributed by atoms with Gasteiger partial charge in [0.15, 0.2) is 23.1 Å². The number of carbonyl (C=O) groups is 3. The molecule has 4 aromatic rings. The summed E-state index contributed by atoms with van der Waals surface area (Å²) in [7, 11) is 1.50. The average molecular weight is 678 g/mol. The van der Waals surface area contributed by atoms with Gasteiger partial charge in [-0.05, 0) is 74.6 Å². The van der Waals surface area contributed by atoms with E-state index in [4.69, 9.17) is 30.9 Å². The van der Waals surface area contributed by atoms with Crippen LogP contribution in [-0.4, -0.2) is 79.3 Å². The summed E-state index contributed by atoms with van der Waals surface area (Å²) in [6.45, 7) is 0.374. The summed E-state index contributed by atoms with van der Waals surface area (Å²) in [6.07, 6.45) is 4.35.